The SMILES string of the molecule is O=C(N/N=C/C1=Cc2cc(Cl)cc(Cl)c2OC1)c1ccncc1. The van der Waals surface area contributed by atoms with Gasteiger partial charge in [0, 0.05) is 34.1 Å². The number of benzene rings is 1. The first-order valence-electron chi connectivity index (χ1n) is 6.69. The van der Waals surface area contributed by atoms with Gasteiger partial charge in [-0.15, -0.1) is 0 Å². The second-order valence-corrected chi connectivity index (χ2v) is 5.59. The molecule has 1 N–H and O–H groups in total. The molecule has 1 aromatic heterocycles. The van der Waals surface area contributed by atoms with Crippen LogP contribution in [0, 0.1) is 0 Å². The minimum Gasteiger partial charge on any atom is -0.487 e. The van der Waals surface area contributed by atoms with E-state index in [9.17, 15) is 4.79 Å². The highest BCUT2D eigenvalue weighted by Crippen LogP contribution is 2.36. The van der Waals surface area contributed by atoms with Crippen LogP contribution in [0.1, 0.15) is 15.9 Å². The van der Waals surface area contributed by atoms with Crippen LogP contribution < -0.4 is 10.2 Å². The number of amides is 1. The van der Waals surface area contributed by atoms with Gasteiger partial charge in [0.05, 0.1) is 11.2 Å². The van der Waals surface area contributed by atoms with Gasteiger partial charge in [0.25, 0.3) is 5.91 Å². The summed E-state index contributed by atoms with van der Waals surface area (Å²) in [5.41, 5.74) is 4.49. The molecule has 2 aromatic rings. The topological polar surface area (TPSA) is 63.6 Å². The van der Waals surface area contributed by atoms with Crippen LogP contribution in [0.15, 0.2) is 47.3 Å². The number of fused-ring (bicyclic) bond motifs is 1. The van der Waals surface area contributed by atoms with E-state index in [0.717, 1.165) is 11.1 Å². The average molecular weight is 348 g/mol. The highest BCUT2D eigenvalue weighted by Gasteiger charge is 2.15. The number of carbonyl (C=O) groups is 1. The van der Waals surface area contributed by atoms with Gasteiger partial charge in [-0.1, -0.05) is 23.2 Å². The average Bonchev–Trinajstić information content (AvgIpc) is 2.55. The van der Waals surface area contributed by atoms with Crippen molar-refractivity contribution in [2.45, 2.75) is 0 Å². The van der Waals surface area contributed by atoms with E-state index in [4.69, 9.17) is 27.9 Å². The minimum atomic E-state index is -0.313. The molecule has 0 spiro atoms. The molecule has 23 heavy (non-hydrogen) atoms. The third-order valence-corrected chi connectivity index (χ3v) is 3.60. The molecule has 0 bridgehead atoms. The number of nitrogens with zero attached hydrogens (tertiary/aromatic N) is 2. The summed E-state index contributed by atoms with van der Waals surface area (Å²) in [4.78, 5) is 15.7. The van der Waals surface area contributed by atoms with Crippen LogP contribution in [0.5, 0.6) is 5.75 Å². The van der Waals surface area contributed by atoms with Gasteiger partial charge < -0.3 is 4.74 Å². The Balaban J connectivity index is 1.71. The lowest BCUT2D eigenvalue weighted by molar-refractivity contribution is 0.0955. The Hall–Kier alpha value is -2.37. The van der Waals surface area contributed by atoms with Crippen LogP contribution in [0.4, 0.5) is 0 Å². The summed E-state index contributed by atoms with van der Waals surface area (Å²) in [6, 6.07) is 6.59. The van der Waals surface area contributed by atoms with Crippen molar-refractivity contribution >= 4 is 41.4 Å². The first kappa shape index (κ1) is 15.5. The Bertz CT molecular complexity index is 804. The number of hydrogen-bond acceptors (Lipinski definition) is 4. The predicted octanol–water partition coefficient (Wildman–Crippen LogP) is 3.58. The third-order valence-electron chi connectivity index (χ3n) is 3.10. The van der Waals surface area contributed by atoms with Gasteiger partial charge in [0.1, 0.15) is 12.4 Å². The molecule has 1 amide bonds. The Kier molecular flexibility index (Phi) is 4.60. The Morgan fingerprint density at radius 3 is 2.87 bits per heavy atom. The van der Waals surface area contributed by atoms with E-state index in [-0.39, 0.29) is 5.91 Å². The van der Waals surface area contributed by atoms with Crippen molar-refractivity contribution in [3.63, 3.8) is 0 Å². The lowest BCUT2D eigenvalue weighted by atomic mass is 10.1. The highest BCUT2D eigenvalue weighted by molar-refractivity contribution is 6.36. The Morgan fingerprint density at radius 1 is 1.30 bits per heavy atom. The zero-order chi connectivity index (χ0) is 16.2. The Labute approximate surface area is 142 Å². The molecule has 1 aliphatic heterocycles. The molecular formula is C16H11Cl2N3O2. The van der Waals surface area contributed by atoms with Crippen LogP contribution in [-0.2, 0) is 0 Å². The number of hydrogen-bond donors (Lipinski definition) is 1. The minimum absolute atomic E-state index is 0.309. The first-order valence-corrected chi connectivity index (χ1v) is 7.45. The largest absolute Gasteiger partial charge is 0.487 e. The second-order valence-electron chi connectivity index (χ2n) is 4.75. The molecule has 0 fully saturated rings. The zero-order valence-corrected chi connectivity index (χ0v) is 13.3. The Morgan fingerprint density at radius 2 is 2.09 bits per heavy atom. The van der Waals surface area contributed by atoms with Crippen LogP contribution in [0.25, 0.3) is 6.08 Å². The summed E-state index contributed by atoms with van der Waals surface area (Å²) in [5.74, 6) is 0.279. The normalized spacial score (nSPS) is 13.2. The molecule has 0 saturated carbocycles. The van der Waals surface area contributed by atoms with Gasteiger partial charge in [-0.05, 0) is 30.3 Å². The standard InChI is InChI=1S/C16H11Cl2N3O2/c17-13-6-12-5-10(9-23-15(12)14(18)7-13)8-20-21-16(22)11-1-3-19-4-2-11/h1-8H,9H2,(H,21,22)/b20-8+. The number of hydrazone groups is 1. The maximum Gasteiger partial charge on any atom is 0.271 e. The highest BCUT2D eigenvalue weighted by atomic mass is 35.5. The van der Waals surface area contributed by atoms with E-state index in [0.29, 0.717) is 28.0 Å². The molecule has 0 unspecified atom stereocenters. The van der Waals surface area contributed by atoms with Crippen LogP contribution in [0.2, 0.25) is 10.0 Å². The molecule has 2 heterocycles. The van der Waals surface area contributed by atoms with E-state index in [1.807, 2.05) is 6.08 Å². The molecule has 0 atom stereocenters. The number of ether oxygens (including phenoxy) is 1. The molecule has 7 heteroatoms. The van der Waals surface area contributed by atoms with Crippen LogP contribution in [-0.4, -0.2) is 23.7 Å². The van der Waals surface area contributed by atoms with Crippen molar-refractivity contribution < 1.29 is 9.53 Å². The number of aromatic nitrogens is 1. The molecule has 116 valence electrons. The summed E-state index contributed by atoms with van der Waals surface area (Å²) in [6.07, 6.45) is 6.47. The van der Waals surface area contributed by atoms with E-state index < -0.39 is 0 Å². The number of rotatable bonds is 3. The van der Waals surface area contributed by atoms with Gasteiger partial charge in [0.15, 0.2) is 0 Å². The van der Waals surface area contributed by atoms with Gasteiger partial charge in [-0.3, -0.25) is 9.78 Å². The fraction of sp³-hybridized carbons (Fsp3) is 0.0625. The second kappa shape index (κ2) is 6.81. The quantitative estimate of drug-likeness (QED) is 0.681. The van der Waals surface area contributed by atoms with E-state index >= 15 is 0 Å². The zero-order valence-electron chi connectivity index (χ0n) is 11.8. The van der Waals surface area contributed by atoms with Gasteiger partial charge >= 0.3 is 0 Å². The van der Waals surface area contributed by atoms with E-state index in [1.165, 1.54) is 6.21 Å². The number of halogens is 2. The van der Waals surface area contributed by atoms with Gasteiger partial charge in [-0.25, -0.2) is 5.43 Å². The third kappa shape index (κ3) is 3.70. The van der Waals surface area contributed by atoms with Crippen molar-refractivity contribution in [1.82, 2.24) is 10.4 Å². The molecule has 0 saturated heterocycles. The maximum atomic E-state index is 11.8. The predicted molar refractivity (Wildman–Crippen MR) is 90.1 cm³/mol. The van der Waals surface area contributed by atoms with Crippen molar-refractivity contribution in [2.75, 3.05) is 6.61 Å². The van der Waals surface area contributed by atoms with Crippen LogP contribution in [0.3, 0.4) is 0 Å². The molecule has 0 radical (unpaired) electrons. The van der Waals surface area contributed by atoms with Crippen molar-refractivity contribution in [1.29, 1.82) is 0 Å². The van der Waals surface area contributed by atoms with Gasteiger partial charge in [0.2, 0.25) is 0 Å². The monoisotopic (exact) mass is 347 g/mol. The summed E-state index contributed by atoms with van der Waals surface area (Å²) in [6.45, 7) is 0.309. The van der Waals surface area contributed by atoms with Crippen molar-refractivity contribution in [3.8, 4) is 5.75 Å². The fourth-order valence-corrected chi connectivity index (χ4v) is 2.62. The summed E-state index contributed by atoms with van der Waals surface area (Å²) in [5, 5.41) is 4.92. The van der Waals surface area contributed by atoms with Crippen molar-refractivity contribution in [2.24, 2.45) is 5.10 Å². The first-order chi connectivity index (χ1) is 11.1. The number of nitrogens with one attached hydrogen (secondary N) is 1. The molecule has 1 aliphatic rings. The van der Waals surface area contributed by atoms with Crippen molar-refractivity contribution in [3.05, 3.63) is 63.4 Å². The molecular weight excluding hydrogens is 337 g/mol. The lowest BCUT2D eigenvalue weighted by Crippen LogP contribution is -2.18. The molecule has 5 nitrogen and oxygen atoms in total. The molecule has 0 aliphatic carbocycles. The molecule has 3 rings (SSSR count). The summed E-state index contributed by atoms with van der Waals surface area (Å²) in [7, 11) is 0. The lowest BCUT2D eigenvalue weighted by Gasteiger charge is -2.17. The van der Waals surface area contributed by atoms with E-state index in [1.54, 1.807) is 36.7 Å². The smallest absolute Gasteiger partial charge is 0.271 e. The van der Waals surface area contributed by atoms with Gasteiger partial charge in [-0.2, -0.15) is 5.10 Å². The summed E-state index contributed by atoms with van der Waals surface area (Å²) < 4.78 is 5.59. The fourth-order valence-electron chi connectivity index (χ4n) is 2.05. The summed E-state index contributed by atoms with van der Waals surface area (Å²) >= 11 is 12.1. The number of carbonyl (C=O) groups excluding carboxylic acids is 1. The van der Waals surface area contributed by atoms with E-state index in [2.05, 4.69) is 15.5 Å². The van der Waals surface area contributed by atoms with Crippen LogP contribution >= 0.6 is 23.2 Å². The maximum absolute atomic E-state index is 11.8. The molecule has 1 aromatic carbocycles. The number of pyridine rings is 1.